The summed E-state index contributed by atoms with van der Waals surface area (Å²) >= 11 is 0. The van der Waals surface area contributed by atoms with Crippen LogP contribution in [-0.2, 0) is 0 Å². The molecule has 0 radical (unpaired) electrons. The van der Waals surface area contributed by atoms with Gasteiger partial charge in [0.25, 0.3) is 0 Å². The molecule has 4 nitrogen and oxygen atoms in total. The fourth-order valence-electron chi connectivity index (χ4n) is 2.03. The van der Waals surface area contributed by atoms with Crippen LogP contribution in [0.1, 0.15) is 10.5 Å². The van der Waals surface area contributed by atoms with Crippen LogP contribution in [0.3, 0.4) is 0 Å². The number of rotatable bonds is 3. The standard InChI is InChI=1S/C15H12N2O2/c1-19-14-7-5-11(6-8-14)15-9-12-3-2-4-13(10-18)17(12)16-15/h2-10H,1H3. The third-order valence-electron chi connectivity index (χ3n) is 3.02. The van der Waals surface area contributed by atoms with Crippen LogP contribution in [0.2, 0.25) is 0 Å². The number of nitrogens with zero attached hydrogens (tertiary/aromatic N) is 2. The zero-order chi connectivity index (χ0) is 13.2. The molecule has 3 aromatic rings. The van der Waals surface area contributed by atoms with Crippen LogP contribution in [0.4, 0.5) is 0 Å². The third kappa shape index (κ3) is 1.97. The number of hydrogen-bond acceptors (Lipinski definition) is 3. The Morgan fingerprint density at radius 3 is 2.63 bits per heavy atom. The molecule has 0 unspecified atom stereocenters. The Kier molecular flexibility index (Phi) is 2.76. The van der Waals surface area contributed by atoms with Gasteiger partial charge in [-0.15, -0.1) is 0 Å². The molecule has 2 aromatic heterocycles. The van der Waals surface area contributed by atoms with Gasteiger partial charge in [0.05, 0.1) is 18.3 Å². The molecule has 94 valence electrons. The van der Waals surface area contributed by atoms with Gasteiger partial charge in [0, 0.05) is 5.56 Å². The lowest BCUT2D eigenvalue weighted by atomic mass is 10.1. The number of ether oxygens (including phenoxy) is 1. The van der Waals surface area contributed by atoms with E-state index >= 15 is 0 Å². The van der Waals surface area contributed by atoms with E-state index in [9.17, 15) is 4.79 Å². The van der Waals surface area contributed by atoms with E-state index in [0.717, 1.165) is 28.8 Å². The normalized spacial score (nSPS) is 10.6. The molecular formula is C15H12N2O2. The predicted octanol–water partition coefficient (Wildman–Crippen LogP) is 2.82. The fourth-order valence-corrected chi connectivity index (χ4v) is 2.03. The van der Waals surface area contributed by atoms with Crippen molar-refractivity contribution in [2.24, 2.45) is 0 Å². The van der Waals surface area contributed by atoms with E-state index < -0.39 is 0 Å². The van der Waals surface area contributed by atoms with Crippen LogP contribution >= 0.6 is 0 Å². The SMILES string of the molecule is COc1ccc(-c2cc3cccc(C=O)n3n2)cc1. The Bertz CT molecular complexity index is 729. The molecule has 0 atom stereocenters. The Hall–Kier alpha value is -2.62. The van der Waals surface area contributed by atoms with Crippen molar-refractivity contribution >= 4 is 11.8 Å². The highest BCUT2D eigenvalue weighted by atomic mass is 16.5. The van der Waals surface area contributed by atoms with Crippen LogP contribution in [0.15, 0.2) is 48.5 Å². The third-order valence-corrected chi connectivity index (χ3v) is 3.02. The van der Waals surface area contributed by atoms with Crippen molar-refractivity contribution in [1.29, 1.82) is 0 Å². The van der Waals surface area contributed by atoms with Crippen LogP contribution in [0.5, 0.6) is 5.75 Å². The second-order valence-electron chi connectivity index (χ2n) is 4.16. The Morgan fingerprint density at radius 1 is 1.16 bits per heavy atom. The average Bonchev–Trinajstić information content (AvgIpc) is 2.91. The van der Waals surface area contributed by atoms with Crippen LogP contribution in [0.25, 0.3) is 16.8 Å². The molecule has 0 saturated heterocycles. The second kappa shape index (κ2) is 4.57. The summed E-state index contributed by atoms with van der Waals surface area (Å²) in [4.78, 5) is 11.0. The fraction of sp³-hybridized carbons (Fsp3) is 0.0667. The van der Waals surface area contributed by atoms with Crippen molar-refractivity contribution in [3.8, 4) is 17.0 Å². The predicted molar refractivity (Wildman–Crippen MR) is 72.6 cm³/mol. The lowest BCUT2D eigenvalue weighted by Crippen LogP contribution is -1.95. The van der Waals surface area contributed by atoms with Gasteiger partial charge in [-0.05, 0) is 42.5 Å². The quantitative estimate of drug-likeness (QED) is 0.673. The van der Waals surface area contributed by atoms with Gasteiger partial charge in [-0.2, -0.15) is 5.10 Å². The van der Waals surface area contributed by atoms with Gasteiger partial charge < -0.3 is 4.74 Å². The summed E-state index contributed by atoms with van der Waals surface area (Å²) in [5.74, 6) is 0.807. The van der Waals surface area contributed by atoms with Gasteiger partial charge >= 0.3 is 0 Å². The van der Waals surface area contributed by atoms with Gasteiger partial charge in [0.2, 0.25) is 0 Å². The minimum absolute atomic E-state index is 0.539. The molecule has 1 aromatic carbocycles. The summed E-state index contributed by atoms with van der Waals surface area (Å²) in [6, 6.07) is 15.1. The van der Waals surface area contributed by atoms with Gasteiger partial charge in [-0.25, -0.2) is 4.52 Å². The van der Waals surface area contributed by atoms with Gasteiger partial charge in [0.1, 0.15) is 11.4 Å². The van der Waals surface area contributed by atoms with Crippen LogP contribution in [-0.4, -0.2) is 23.0 Å². The maximum absolute atomic E-state index is 11.0. The van der Waals surface area contributed by atoms with Crippen molar-refractivity contribution < 1.29 is 9.53 Å². The number of aromatic nitrogens is 2. The monoisotopic (exact) mass is 252 g/mol. The highest BCUT2D eigenvalue weighted by molar-refractivity contribution is 5.76. The van der Waals surface area contributed by atoms with E-state index in [2.05, 4.69) is 5.10 Å². The van der Waals surface area contributed by atoms with Crippen molar-refractivity contribution in [3.63, 3.8) is 0 Å². The van der Waals surface area contributed by atoms with Gasteiger partial charge in [-0.1, -0.05) is 6.07 Å². The molecule has 0 fully saturated rings. The lowest BCUT2D eigenvalue weighted by Gasteiger charge is -2.00. The summed E-state index contributed by atoms with van der Waals surface area (Å²) in [6.07, 6.45) is 0.803. The lowest BCUT2D eigenvalue weighted by molar-refractivity contribution is 0.111. The summed E-state index contributed by atoms with van der Waals surface area (Å²) in [6.45, 7) is 0. The van der Waals surface area contributed by atoms with Gasteiger partial charge in [0.15, 0.2) is 6.29 Å². The zero-order valence-corrected chi connectivity index (χ0v) is 10.4. The van der Waals surface area contributed by atoms with E-state index in [1.807, 2.05) is 42.5 Å². The van der Waals surface area contributed by atoms with E-state index in [0.29, 0.717) is 5.69 Å². The number of pyridine rings is 1. The molecule has 0 N–H and O–H groups in total. The molecule has 0 aliphatic heterocycles. The number of carbonyl (C=O) groups is 1. The number of fused-ring (bicyclic) bond motifs is 1. The smallest absolute Gasteiger partial charge is 0.168 e. The Morgan fingerprint density at radius 2 is 1.95 bits per heavy atom. The summed E-state index contributed by atoms with van der Waals surface area (Å²) in [7, 11) is 1.64. The van der Waals surface area contributed by atoms with E-state index in [4.69, 9.17) is 4.74 Å². The number of methoxy groups -OCH3 is 1. The largest absolute Gasteiger partial charge is 0.497 e. The molecule has 0 bridgehead atoms. The highest BCUT2D eigenvalue weighted by Gasteiger charge is 2.06. The number of hydrogen-bond donors (Lipinski definition) is 0. The van der Waals surface area contributed by atoms with Crippen molar-refractivity contribution in [2.45, 2.75) is 0 Å². The molecule has 0 amide bonds. The molecular weight excluding hydrogens is 240 g/mol. The average molecular weight is 252 g/mol. The summed E-state index contributed by atoms with van der Waals surface area (Å²) < 4.78 is 6.77. The minimum atomic E-state index is 0.539. The number of carbonyl (C=O) groups excluding carboxylic acids is 1. The van der Waals surface area contributed by atoms with E-state index in [-0.39, 0.29) is 0 Å². The van der Waals surface area contributed by atoms with Gasteiger partial charge in [-0.3, -0.25) is 4.79 Å². The molecule has 0 aliphatic rings. The summed E-state index contributed by atoms with van der Waals surface area (Å²) in [5.41, 5.74) is 3.26. The molecule has 0 spiro atoms. The van der Waals surface area contributed by atoms with Crippen LogP contribution in [0, 0.1) is 0 Å². The Balaban J connectivity index is 2.12. The van der Waals surface area contributed by atoms with Crippen molar-refractivity contribution in [2.75, 3.05) is 7.11 Å². The molecule has 19 heavy (non-hydrogen) atoms. The molecule has 3 rings (SSSR count). The van der Waals surface area contributed by atoms with E-state index in [1.165, 1.54) is 0 Å². The van der Waals surface area contributed by atoms with Crippen molar-refractivity contribution in [1.82, 2.24) is 9.61 Å². The zero-order valence-electron chi connectivity index (χ0n) is 10.4. The summed E-state index contributed by atoms with van der Waals surface area (Å²) in [5, 5.41) is 4.45. The number of benzene rings is 1. The first-order valence-electron chi connectivity index (χ1n) is 5.90. The maximum atomic E-state index is 11.0. The first-order valence-corrected chi connectivity index (χ1v) is 5.90. The minimum Gasteiger partial charge on any atom is -0.497 e. The van der Waals surface area contributed by atoms with Crippen LogP contribution < -0.4 is 4.74 Å². The molecule has 2 heterocycles. The topological polar surface area (TPSA) is 43.6 Å². The first-order chi connectivity index (χ1) is 9.31. The first kappa shape index (κ1) is 11.5. The van der Waals surface area contributed by atoms with Crippen molar-refractivity contribution in [3.05, 3.63) is 54.2 Å². The Labute approximate surface area is 110 Å². The molecule has 4 heteroatoms. The molecule has 0 saturated carbocycles. The van der Waals surface area contributed by atoms with E-state index in [1.54, 1.807) is 17.7 Å². The maximum Gasteiger partial charge on any atom is 0.168 e. The number of aldehydes is 1. The second-order valence-corrected chi connectivity index (χ2v) is 4.16. The molecule has 0 aliphatic carbocycles. The highest BCUT2D eigenvalue weighted by Crippen LogP contribution is 2.22.